The van der Waals surface area contributed by atoms with Gasteiger partial charge in [0.25, 0.3) is 0 Å². The number of rotatable bonds is 4. The lowest BCUT2D eigenvalue weighted by molar-refractivity contribution is 0.0886. The van der Waals surface area contributed by atoms with Gasteiger partial charge in [-0.3, -0.25) is 4.79 Å². The van der Waals surface area contributed by atoms with Crippen molar-refractivity contribution in [2.75, 3.05) is 32.8 Å². The third-order valence-corrected chi connectivity index (χ3v) is 3.66. The molecule has 6 heteroatoms. The number of hydrogen-bond donors (Lipinski definition) is 0. The fourth-order valence-corrected chi connectivity index (χ4v) is 2.28. The molecule has 1 fully saturated rings. The van der Waals surface area contributed by atoms with Gasteiger partial charge < -0.3 is 14.5 Å². The van der Waals surface area contributed by atoms with Crippen LogP contribution in [0.4, 0.5) is 4.79 Å². The van der Waals surface area contributed by atoms with Crippen molar-refractivity contribution < 1.29 is 14.3 Å². The number of amides is 1. The third kappa shape index (κ3) is 4.49. The van der Waals surface area contributed by atoms with Gasteiger partial charge in [0, 0.05) is 49.0 Å². The lowest BCUT2D eigenvalue weighted by Crippen LogP contribution is -2.47. The standard InChI is InChI=1S/C16H19ClN2O3/c1-2-22-16(21)19-11-9-18(10-12-19)8-7-15(20)13-3-5-14(17)6-4-13/h3-8H,2,9-12H2,1H3. The zero-order chi connectivity index (χ0) is 15.9. The summed E-state index contributed by atoms with van der Waals surface area (Å²) in [6, 6.07) is 6.79. The summed E-state index contributed by atoms with van der Waals surface area (Å²) in [4.78, 5) is 27.3. The Morgan fingerprint density at radius 2 is 1.82 bits per heavy atom. The van der Waals surface area contributed by atoms with E-state index in [1.54, 1.807) is 48.4 Å². The van der Waals surface area contributed by atoms with Crippen LogP contribution in [0.3, 0.4) is 0 Å². The number of ketones is 1. The van der Waals surface area contributed by atoms with Gasteiger partial charge in [-0.25, -0.2) is 4.79 Å². The number of benzene rings is 1. The lowest BCUT2D eigenvalue weighted by atomic mass is 10.1. The van der Waals surface area contributed by atoms with Crippen LogP contribution < -0.4 is 0 Å². The summed E-state index contributed by atoms with van der Waals surface area (Å²) in [6.07, 6.45) is 3.05. The predicted molar refractivity (Wildman–Crippen MR) is 85.1 cm³/mol. The average Bonchev–Trinajstić information content (AvgIpc) is 2.54. The van der Waals surface area contributed by atoms with E-state index in [2.05, 4.69) is 0 Å². The second kappa shape index (κ2) is 7.84. The quantitative estimate of drug-likeness (QED) is 0.632. The van der Waals surface area contributed by atoms with E-state index in [1.807, 2.05) is 4.90 Å². The van der Waals surface area contributed by atoms with E-state index in [4.69, 9.17) is 16.3 Å². The maximum atomic E-state index is 12.0. The van der Waals surface area contributed by atoms with Crippen LogP contribution in [0.15, 0.2) is 36.5 Å². The van der Waals surface area contributed by atoms with Crippen molar-refractivity contribution in [3.8, 4) is 0 Å². The van der Waals surface area contributed by atoms with Crippen LogP contribution in [0.5, 0.6) is 0 Å². The highest BCUT2D eigenvalue weighted by molar-refractivity contribution is 6.30. The second-order valence-corrected chi connectivity index (χ2v) is 5.35. The molecule has 0 atom stereocenters. The summed E-state index contributed by atoms with van der Waals surface area (Å²) in [5.41, 5.74) is 0.603. The maximum Gasteiger partial charge on any atom is 0.409 e. The Kier molecular flexibility index (Phi) is 5.83. The second-order valence-electron chi connectivity index (χ2n) is 4.91. The van der Waals surface area contributed by atoms with E-state index in [-0.39, 0.29) is 11.9 Å². The van der Waals surface area contributed by atoms with Crippen LogP contribution in [0.1, 0.15) is 17.3 Å². The van der Waals surface area contributed by atoms with Gasteiger partial charge >= 0.3 is 6.09 Å². The molecule has 22 heavy (non-hydrogen) atoms. The van der Waals surface area contributed by atoms with Crippen molar-refractivity contribution in [2.24, 2.45) is 0 Å². The molecule has 0 aromatic heterocycles. The van der Waals surface area contributed by atoms with Crippen molar-refractivity contribution in [3.63, 3.8) is 0 Å². The molecule has 1 aliphatic rings. The van der Waals surface area contributed by atoms with E-state index in [9.17, 15) is 9.59 Å². The molecule has 5 nitrogen and oxygen atoms in total. The van der Waals surface area contributed by atoms with Gasteiger partial charge in [0.2, 0.25) is 0 Å². The maximum absolute atomic E-state index is 12.0. The molecule has 0 unspecified atom stereocenters. The number of allylic oxidation sites excluding steroid dienone is 1. The molecule has 1 heterocycles. The molecule has 0 bridgehead atoms. The molecule has 0 N–H and O–H groups in total. The normalized spacial score (nSPS) is 15.2. The molecule has 1 saturated heterocycles. The van der Waals surface area contributed by atoms with Gasteiger partial charge in [-0.05, 0) is 31.2 Å². The molecule has 1 amide bonds. The molecular weight excluding hydrogens is 304 g/mol. The van der Waals surface area contributed by atoms with Crippen molar-refractivity contribution in [1.29, 1.82) is 0 Å². The van der Waals surface area contributed by atoms with Crippen molar-refractivity contribution in [2.45, 2.75) is 6.92 Å². The molecular formula is C16H19ClN2O3. The summed E-state index contributed by atoms with van der Waals surface area (Å²) in [7, 11) is 0. The van der Waals surface area contributed by atoms with Crippen LogP contribution in [-0.4, -0.2) is 54.5 Å². The molecule has 118 valence electrons. The summed E-state index contributed by atoms with van der Waals surface area (Å²) in [6.45, 7) is 4.73. The fraction of sp³-hybridized carbons (Fsp3) is 0.375. The van der Waals surface area contributed by atoms with Gasteiger partial charge in [0.05, 0.1) is 6.61 Å². The Bertz CT molecular complexity index is 549. The minimum Gasteiger partial charge on any atom is -0.450 e. The molecule has 0 saturated carbocycles. The number of ether oxygens (including phenoxy) is 1. The van der Waals surface area contributed by atoms with Gasteiger partial charge in [0.1, 0.15) is 0 Å². The smallest absolute Gasteiger partial charge is 0.409 e. The van der Waals surface area contributed by atoms with Crippen molar-refractivity contribution in [3.05, 3.63) is 47.1 Å². The molecule has 1 aliphatic heterocycles. The molecule has 0 radical (unpaired) electrons. The van der Waals surface area contributed by atoms with E-state index in [1.165, 1.54) is 0 Å². The fourth-order valence-electron chi connectivity index (χ4n) is 2.15. The third-order valence-electron chi connectivity index (χ3n) is 3.41. The van der Waals surface area contributed by atoms with Gasteiger partial charge in [-0.15, -0.1) is 0 Å². The van der Waals surface area contributed by atoms with E-state index in [0.717, 1.165) is 0 Å². The summed E-state index contributed by atoms with van der Waals surface area (Å²) < 4.78 is 4.97. The highest BCUT2D eigenvalue weighted by Gasteiger charge is 2.20. The molecule has 2 rings (SSSR count). The number of carbonyl (C=O) groups excluding carboxylic acids is 2. The zero-order valence-corrected chi connectivity index (χ0v) is 13.3. The summed E-state index contributed by atoms with van der Waals surface area (Å²) in [5.74, 6) is -0.0653. The molecule has 1 aromatic carbocycles. The van der Waals surface area contributed by atoms with E-state index in [0.29, 0.717) is 43.4 Å². The monoisotopic (exact) mass is 322 g/mol. The van der Waals surface area contributed by atoms with E-state index >= 15 is 0 Å². The number of carbonyl (C=O) groups is 2. The largest absolute Gasteiger partial charge is 0.450 e. The first-order valence-electron chi connectivity index (χ1n) is 7.24. The Labute approximate surface area is 135 Å². The number of nitrogens with zero attached hydrogens (tertiary/aromatic N) is 2. The summed E-state index contributed by atoms with van der Waals surface area (Å²) in [5, 5.41) is 0.607. The van der Waals surface area contributed by atoms with Gasteiger partial charge in [0.15, 0.2) is 5.78 Å². The molecule has 1 aromatic rings. The average molecular weight is 323 g/mol. The van der Waals surface area contributed by atoms with Crippen molar-refractivity contribution >= 4 is 23.5 Å². The molecule has 0 spiro atoms. The van der Waals surface area contributed by atoms with Crippen LogP contribution in [0.25, 0.3) is 0 Å². The van der Waals surface area contributed by atoms with E-state index < -0.39 is 0 Å². The first kappa shape index (κ1) is 16.4. The van der Waals surface area contributed by atoms with Crippen LogP contribution in [0, 0.1) is 0 Å². The van der Waals surface area contributed by atoms with Gasteiger partial charge in [-0.2, -0.15) is 0 Å². The molecule has 0 aliphatic carbocycles. The first-order valence-corrected chi connectivity index (χ1v) is 7.62. The minimum absolute atomic E-state index is 0.0653. The number of hydrogen-bond acceptors (Lipinski definition) is 4. The lowest BCUT2D eigenvalue weighted by Gasteiger charge is -2.33. The predicted octanol–water partition coefficient (Wildman–Crippen LogP) is 2.81. The highest BCUT2D eigenvalue weighted by atomic mass is 35.5. The zero-order valence-electron chi connectivity index (χ0n) is 12.5. The topological polar surface area (TPSA) is 49.9 Å². The number of halogens is 1. The number of piperazine rings is 1. The Morgan fingerprint density at radius 3 is 2.41 bits per heavy atom. The van der Waals surface area contributed by atoms with Crippen LogP contribution in [0.2, 0.25) is 5.02 Å². The summed E-state index contributed by atoms with van der Waals surface area (Å²) >= 11 is 5.80. The highest BCUT2D eigenvalue weighted by Crippen LogP contribution is 2.11. The first-order chi connectivity index (χ1) is 10.6. The van der Waals surface area contributed by atoms with Crippen molar-refractivity contribution in [1.82, 2.24) is 9.80 Å². The van der Waals surface area contributed by atoms with Crippen LogP contribution >= 0.6 is 11.6 Å². The van der Waals surface area contributed by atoms with Crippen LogP contribution in [-0.2, 0) is 4.74 Å². The minimum atomic E-state index is -0.275. The Hall–Kier alpha value is -2.01. The van der Waals surface area contributed by atoms with Gasteiger partial charge in [-0.1, -0.05) is 11.6 Å². The Morgan fingerprint density at radius 1 is 1.18 bits per heavy atom. The Balaban J connectivity index is 1.83. The SMILES string of the molecule is CCOC(=O)N1CCN(C=CC(=O)c2ccc(Cl)cc2)CC1.